The molecule has 0 spiro atoms. The number of amides is 1. The Hall–Kier alpha value is -1.46. The van der Waals surface area contributed by atoms with Gasteiger partial charge in [-0.3, -0.25) is 9.69 Å². The SMILES string of the molecule is CC(CCc1ccccc1F)C(=O)N1CCN(CCO)CC1. The summed E-state index contributed by atoms with van der Waals surface area (Å²) >= 11 is 0. The van der Waals surface area contributed by atoms with E-state index >= 15 is 0 Å². The van der Waals surface area contributed by atoms with Crippen molar-refractivity contribution in [1.29, 1.82) is 0 Å². The molecule has 0 radical (unpaired) electrons. The molecule has 1 N–H and O–H groups in total. The lowest BCUT2D eigenvalue weighted by atomic mass is 9.99. The number of rotatable bonds is 6. The van der Waals surface area contributed by atoms with E-state index in [1.807, 2.05) is 17.9 Å². The van der Waals surface area contributed by atoms with Gasteiger partial charge < -0.3 is 10.0 Å². The minimum Gasteiger partial charge on any atom is -0.395 e. The Balaban J connectivity index is 1.79. The molecule has 1 aliphatic heterocycles. The molecule has 0 bridgehead atoms. The van der Waals surface area contributed by atoms with E-state index in [1.54, 1.807) is 12.1 Å². The molecular weight excluding hydrogens is 283 g/mol. The van der Waals surface area contributed by atoms with E-state index < -0.39 is 0 Å². The second-order valence-electron chi connectivity index (χ2n) is 5.92. The number of β-amino-alcohol motifs (C(OH)–C–C–N with tert-alkyl or cyclic N) is 1. The maximum absolute atomic E-state index is 13.6. The van der Waals surface area contributed by atoms with Crippen LogP contribution in [0.2, 0.25) is 0 Å². The van der Waals surface area contributed by atoms with Crippen LogP contribution in [0.3, 0.4) is 0 Å². The summed E-state index contributed by atoms with van der Waals surface area (Å²) in [6.07, 6.45) is 1.25. The number of carbonyl (C=O) groups excluding carboxylic acids is 1. The van der Waals surface area contributed by atoms with Crippen LogP contribution < -0.4 is 0 Å². The van der Waals surface area contributed by atoms with Gasteiger partial charge in [0.1, 0.15) is 5.82 Å². The number of halogens is 1. The Bertz CT molecular complexity index is 487. The van der Waals surface area contributed by atoms with Crippen LogP contribution in [-0.4, -0.2) is 60.1 Å². The lowest BCUT2D eigenvalue weighted by Crippen LogP contribution is -2.50. The van der Waals surface area contributed by atoms with Crippen LogP contribution in [0.25, 0.3) is 0 Å². The van der Waals surface area contributed by atoms with Crippen molar-refractivity contribution in [3.05, 3.63) is 35.6 Å². The van der Waals surface area contributed by atoms with Crippen LogP contribution in [-0.2, 0) is 11.2 Å². The summed E-state index contributed by atoms with van der Waals surface area (Å²) in [5.41, 5.74) is 0.676. The molecule has 22 heavy (non-hydrogen) atoms. The summed E-state index contributed by atoms with van der Waals surface area (Å²) in [6.45, 7) is 5.80. The molecule has 1 aromatic rings. The van der Waals surface area contributed by atoms with Gasteiger partial charge in [0.2, 0.25) is 5.91 Å². The average molecular weight is 308 g/mol. The molecule has 122 valence electrons. The first-order valence-corrected chi connectivity index (χ1v) is 7.97. The van der Waals surface area contributed by atoms with E-state index in [0.717, 1.165) is 13.1 Å². The molecule has 1 heterocycles. The number of nitrogens with zero attached hydrogens (tertiary/aromatic N) is 2. The average Bonchev–Trinajstić information content (AvgIpc) is 2.54. The van der Waals surface area contributed by atoms with Gasteiger partial charge >= 0.3 is 0 Å². The van der Waals surface area contributed by atoms with Crippen molar-refractivity contribution < 1.29 is 14.3 Å². The standard InChI is InChI=1S/C17H25FN2O2/c1-14(6-7-15-4-2-3-5-16(15)18)17(22)20-10-8-19(9-11-20)12-13-21/h2-5,14,21H,6-13H2,1H3. The monoisotopic (exact) mass is 308 g/mol. The second-order valence-corrected chi connectivity index (χ2v) is 5.92. The lowest BCUT2D eigenvalue weighted by Gasteiger charge is -2.35. The highest BCUT2D eigenvalue weighted by atomic mass is 19.1. The lowest BCUT2D eigenvalue weighted by molar-refractivity contribution is -0.137. The third-order valence-electron chi connectivity index (χ3n) is 4.33. The summed E-state index contributed by atoms with van der Waals surface area (Å²) in [5.74, 6) is -0.135. The molecule has 1 unspecified atom stereocenters. The largest absolute Gasteiger partial charge is 0.395 e. The number of aliphatic hydroxyl groups is 1. The Morgan fingerprint density at radius 1 is 1.27 bits per heavy atom. The van der Waals surface area contributed by atoms with Crippen LogP contribution in [0.1, 0.15) is 18.9 Å². The molecule has 0 aromatic heterocycles. The highest BCUT2D eigenvalue weighted by Gasteiger charge is 2.24. The van der Waals surface area contributed by atoms with E-state index in [4.69, 9.17) is 5.11 Å². The van der Waals surface area contributed by atoms with Gasteiger partial charge in [-0.15, -0.1) is 0 Å². The number of aliphatic hydroxyl groups excluding tert-OH is 1. The van der Waals surface area contributed by atoms with Crippen molar-refractivity contribution >= 4 is 5.91 Å². The predicted octanol–water partition coefficient (Wildman–Crippen LogP) is 1.53. The summed E-state index contributed by atoms with van der Waals surface area (Å²) in [7, 11) is 0. The number of hydrogen-bond donors (Lipinski definition) is 1. The van der Waals surface area contributed by atoms with Gasteiger partial charge in [0, 0.05) is 38.6 Å². The van der Waals surface area contributed by atoms with Crippen molar-refractivity contribution in [2.24, 2.45) is 5.92 Å². The minimum absolute atomic E-state index is 0.0935. The molecular formula is C17H25FN2O2. The molecule has 1 amide bonds. The number of benzene rings is 1. The van der Waals surface area contributed by atoms with Gasteiger partial charge in [0.05, 0.1) is 6.61 Å². The van der Waals surface area contributed by atoms with Gasteiger partial charge in [0.25, 0.3) is 0 Å². The predicted molar refractivity (Wildman–Crippen MR) is 84.0 cm³/mol. The second kappa shape index (κ2) is 8.25. The van der Waals surface area contributed by atoms with Gasteiger partial charge in [-0.1, -0.05) is 25.1 Å². The molecule has 5 heteroatoms. The molecule has 0 aliphatic carbocycles. The first-order chi connectivity index (χ1) is 10.6. The van der Waals surface area contributed by atoms with Crippen molar-refractivity contribution in [3.63, 3.8) is 0 Å². The normalized spacial score (nSPS) is 17.5. The summed E-state index contributed by atoms with van der Waals surface area (Å²) in [6, 6.07) is 6.74. The highest BCUT2D eigenvalue weighted by Crippen LogP contribution is 2.16. The molecule has 1 fully saturated rings. The first kappa shape index (κ1) is 16.9. The summed E-state index contributed by atoms with van der Waals surface area (Å²) < 4.78 is 13.6. The highest BCUT2D eigenvalue weighted by molar-refractivity contribution is 5.78. The van der Waals surface area contributed by atoms with E-state index in [2.05, 4.69) is 4.90 Å². The maximum Gasteiger partial charge on any atom is 0.225 e. The molecule has 0 saturated carbocycles. The summed E-state index contributed by atoms with van der Waals surface area (Å²) in [4.78, 5) is 16.5. The van der Waals surface area contributed by atoms with E-state index in [-0.39, 0.29) is 24.2 Å². The first-order valence-electron chi connectivity index (χ1n) is 7.97. The van der Waals surface area contributed by atoms with Gasteiger partial charge in [-0.05, 0) is 24.5 Å². The third kappa shape index (κ3) is 4.52. The van der Waals surface area contributed by atoms with Crippen molar-refractivity contribution in [2.75, 3.05) is 39.3 Å². The third-order valence-corrected chi connectivity index (χ3v) is 4.33. The zero-order chi connectivity index (χ0) is 15.9. The molecule has 1 atom stereocenters. The smallest absolute Gasteiger partial charge is 0.225 e. The van der Waals surface area contributed by atoms with E-state index in [1.165, 1.54) is 6.07 Å². The Labute approximate surface area is 131 Å². The fraction of sp³-hybridized carbons (Fsp3) is 0.588. The van der Waals surface area contributed by atoms with Crippen LogP contribution in [0, 0.1) is 11.7 Å². The summed E-state index contributed by atoms with van der Waals surface area (Å²) in [5, 5.41) is 8.93. The number of piperazine rings is 1. The van der Waals surface area contributed by atoms with Crippen LogP contribution in [0.15, 0.2) is 24.3 Å². The number of hydrogen-bond acceptors (Lipinski definition) is 3. The zero-order valence-corrected chi connectivity index (χ0v) is 13.2. The van der Waals surface area contributed by atoms with Crippen LogP contribution in [0.5, 0.6) is 0 Å². The number of aryl methyl sites for hydroxylation is 1. The topological polar surface area (TPSA) is 43.8 Å². The Morgan fingerprint density at radius 2 is 1.95 bits per heavy atom. The van der Waals surface area contributed by atoms with Gasteiger partial charge in [-0.25, -0.2) is 4.39 Å². The minimum atomic E-state index is -0.195. The maximum atomic E-state index is 13.6. The van der Waals surface area contributed by atoms with Gasteiger partial charge in [-0.2, -0.15) is 0 Å². The van der Waals surface area contributed by atoms with Crippen LogP contribution in [0.4, 0.5) is 4.39 Å². The quantitative estimate of drug-likeness (QED) is 0.867. The Morgan fingerprint density at radius 3 is 2.59 bits per heavy atom. The molecule has 1 aliphatic rings. The zero-order valence-electron chi connectivity index (χ0n) is 13.2. The van der Waals surface area contributed by atoms with Crippen LogP contribution >= 0.6 is 0 Å². The fourth-order valence-corrected chi connectivity index (χ4v) is 2.84. The van der Waals surface area contributed by atoms with E-state index in [9.17, 15) is 9.18 Å². The molecule has 2 rings (SSSR count). The van der Waals surface area contributed by atoms with E-state index in [0.29, 0.717) is 38.0 Å². The van der Waals surface area contributed by atoms with Gasteiger partial charge in [0.15, 0.2) is 0 Å². The van der Waals surface area contributed by atoms with Crippen molar-refractivity contribution in [2.45, 2.75) is 19.8 Å². The Kier molecular flexibility index (Phi) is 6.34. The fourth-order valence-electron chi connectivity index (χ4n) is 2.84. The molecule has 1 aromatic carbocycles. The van der Waals surface area contributed by atoms with Crippen molar-refractivity contribution in [1.82, 2.24) is 9.80 Å². The molecule has 1 saturated heterocycles. The number of carbonyl (C=O) groups is 1. The molecule has 4 nitrogen and oxygen atoms in total. The van der Waals surface area contributed by atoms with Crippen molar-refractivity contribution in [3.8, 4) is 0 Å².